The molecule has 1 heterocycles. The zero-order chi connectivity index (χ0) is 12.3. The van der Waals surface area contributed by atoms with Crippen LogP contribution in [-0.2, 0) is 13.5 Å². The van der Waals surface area contributed by atoms with Crippen LogP contribution in [0.2, 0.25) is 0 Å². The van der Waals surface area contributed by atoms with Gasteiger partial charge in [0.2, 0.25) is 0 Å². The van der Waals surface area contributed by atoms with Crippen molar-refractivity contribution in [3.05, 3.63) is 40.3 Å². The number of H-pyrrole nitrogens is 1. The van der Waals surface area contributed by atoms with Crippen molar-refractivity contribution < 1.29 is 0 Å². The van der Waals surface area contributed by atoms with Gasteiger partial charge in [-0.3, -0.25) is 4.57 Å². The van der Waals surface area contributed by atoms with Gasteiger partial charge in [0.15, 0.2) is 5.16 Å². The molecular weight excluding hydrogens is 236 g/mol. The first-order valence-corrected chi connectivity index (χ1v) is 6.24. The van der Waals surface area contributed by atoms with E-state index in [0.29, 0.717) is 5.16 Å². The minimum atomic E-state index is -0.181. The number of aromatic amines is 1. The first-order valence-electron chi connectivity index (χ1n) is 5.25. The zero-order valence-corrected chi connectivity index (χ0v) is 10.3. The maximum atomic E-state index is 11.1. The van der Waals surface area contributed by atoms with Crippen LogP contribution in [0.1, 0.15) is 5.56 Å². The molecule has 17 heavy (non-hydrogen) atoms. The van der Waals surface area contributed by atoms with Crippen molar-refractivity contribution in [3.63, 3.8) is 0 Å². The summed E-state index contributed by atoms with van der Waals surface area (Å²) in [5, 5.41) is 7.06. The second kappa shape index (κ2) is 5.09. The molecule has 0 aliphatic rings. The third-order valence-electron chi connectivity index (χ3n) is 2.44. The van der Waals surface area contributed by atoms with Gasteiger partial charge in [-0.05, 0) is 24.1 Å². The summed E-state index contributed by atoms with van der Waals surface area (Å²) in [6.45, 7) is 0. The molecule has 0 atom stereocenters. The Morgan fingerprint density at radius 1 is 1.41 bits per heavy atom. The number of nitrogens with zero attached hydrogens (tertiary/aromatic N) is 2. The molecule has 2 rings (SSSR count). The molecule has 0 saturated heterocycles. The van der Waals surface area contributed by atoms with Crippen molar-refractivity contribution >= 4 is 17.4 Å². The van der Waals surface area contributed by atoms with Gasteiger partial charge in [0.05, 0.1) is 0 Å². The van der Waals surface area contributed by atoms with E-state index < -0.39 is 0 Å². The molecular formula is C11H14N4OS. The first kappa shape index (κ1) is 11.8. The number of hydrogen-bond donors (Lipinski definition) is 2. The SMILES string of the molecule is Cn1c(SCCc2ccc(N)cc2)n[nH]c1=O. The van der Waals surface area contributed by atoms with Crippen molar-refractivity contribution in [2.45, 2.75) is 11.6 Å². The Labute approximate surface area is 103 Å². The number of thioether (sulfide) groups is 1. The van der Waals surface area contributed by atoms with E-state index in [4.69, 9.17) is 5.73 Å². The molecule has 5 nitrogen and oxygen atoms in total. The molecule has 2 aromatic rings. The van der Waals surface area contributed by atoms with Gasteiger partial charge in [0, 0.05) is 18.5 Å². The molecule has 3 N–H and O–H groups in total. The third-order valence-corrected chi connectivity index (χ3v) is 3.47. The number of anilines is 1. The number of nitrogens with two attached hydrogens (primary N) is 1. The molecule has 90 valence electrons. The molecule has 0 amide bonds. The Bertz CT molecular complexity index is 543. The van der Waals surface area contributed by atoms with E-state index in [1.807, 2.05) is 24.3 Å². The van der Waals surface area contributed by atoms with E-state index >= 15 is 0 Å². The van der Waals surface area contributed by atoms with Crippen molar-refractivity contribution in [2.24, 2.45) is 7.05 Å². The highest BCUT2D eigenvalue weighted by Crippen LogP contribution is 2.15. The topological polar surface area (TPSA) is 76.7 Å². The van der Waals surface area contributed by atoms with Crippen LogP contribution < -0.4 is 11.4 Å². The third kappa shape index (κ3) is 2.91. The highest BCUT2D eigenvalue weighted by molar-refractivity contribution is 7.99. The number of nitrogen functional groups attached to an aromatic ring is 1. The van der Waals surface area contributed by atoms with E-state index in [0.717, 1.165) is 17.9 Å². The molecule has 6 heteroatoms. The number of nitrogens with one attached hydrogen (secondary N) is 1. The molecule has 0 aliphatic carbocycles. The average molecular weight is 250 g/mol. The summed E-state index contributed by atoms with van der Waals surface area (Å²) in [5.41, 5.74) is 7.43. The molecule has 1 aromatic heterocycles. The van der Waals surface area contributed by atoms with Crippen LogP contribution in [0.5, 0.6) is 0 Å². The fraction of sp³-hybridized carbons (Fsp3) is 0.273. The fourth-order valence-corrected chi connectivity index (χ4v) is 2.31. The maximum Gasteiger partial charge on any atom is 0.343 e. The molecule has 0 spiro atoms. The average Bonchev–Trinajstić information content (AvgIpc) is 2.64. The van der Waals surface area contributed by atoms with Crippen molar-refractivity contribution in [1.82, 2.24) is 14.8 Å². The van der Waals surface area contributed by atoms with Crippen LogP contribution in [0.4, 0.5) is 5.69 Å². The van der Waals surface area contributed by atoms with Crippen LogP contribution in [0, 0.1) is 0 Å². The van der Waals surface area contributed by atoms with Crippen LogP contribution >= 0.6 is 11.8 Å². The minimum absolute atomic E-state index is 0.181. The van der Waals surface area contributed by atoms with Gasteiger partial charge in [0.1, 0.15) is 0 Å². The van der Waals surface area contributed by atoms with Crippen LogP contribution in [0.3, 0.4) is 0 Å². The van der Waals surface area contributed by atoms with Crippen LogP contribution in [-0.4, -0.2) is 20.5 Å². The second-order valence-corrected chi connectivity index (χ2v) is 4.77. The van der Waals surface area contributed by atoms with Gasteiger partial charge in [0.25, 0.3) is 0 Å². The predicted octanol–water partition coefficient (Wildman–Crippen LogP) is 1.03. The highest BCUT2D eigenvalue weighted by Gasteiger charge is 2.04. The standard InChI is InChI=1S/C11H14N4OS/c1-15-10(16)13-14-11(15)17-7-6-8-2-4-9(12)5-3-8/h2-5H,6-7,12H2,1H3,(H,13,16). The molecule has 0 fully saturated rings. The Hall–Kier alpha value is -1.69. The normalized spacial score (nSPS) is 10.6. The minimum Gasteiger partial charge on any atom is -0.399 e. The van der Waals surface area contributed by atoms with E-state index in [-0.39, 0.29) is 5.69 Å². The van der Waals surface area contributed by atoms with E-state index in [1.54, 1.807) is 18.8 Å². The number of aryl methyl sites for hydroxylation is 1. The lowest BCUT2D eigenvalue weighted by Crippen LogP contribution is -2.13. The summed E-state index contributed by atoms with van der Waals surface area (Å²) in [6.07, 6.45) is 0.923. The Morgan fingerprint density at radius 3 is 2.71 bits per heavy atom. The fourth-order valence-electron chi connectivity index (χ4n) is 1.41. The van der Waals surface area contributed by atoms with Gasteiger partial charge in [-0.2, -0.15) is 0 Å². The lowest BCUT2D eigenvalue weighted by atomic mass is 10.2. The zero-order valence-electron chi connectivity index (χ0n) is 9.51. The van der Waals surface area contributed by atoms with E-state index in [1.165, 1.54) is 10.1 Å². The van der Waals surface area contributed by atoms with Crippen molar-refractivity contribution in [3.8, 4) is 0 Å². The molecule has 1 aromatic carbocycles. The lowest BCUT2D eigenvalue weighted by Gasteiger charge is -2.01. The van der Waals surface area contributed by atoms with Gasteiger partial charge in [-0.25, -0.2) is 9.89 Å². The summed E-state index contributed by atoms with van der Waals surface area (Å²) in [4.78, 5) is 11.1. The summed E-state index contributed by atoms with van der Waals surface area (Å²) < 4.78 is 1.51. The molecule has 0 bridgehead atoms. The van der Waals surface area contributed by atoms with Crippen molar-refractivity contribution in [2.75, 3.05) is 11.5 Å². The molecule has 0 saturated carbocycles. The van der Waals surface area contributed by atoms with E-state index in [2.05, 4.69) is 10.2 Å². The smallest absolute Gasteiger partial charge is 0.343 e. The monoisotopic (exact) mass is 250 g/mol. The highest BCUT2D eigenvalue weighted by atomic mass is 32.2. The summed E-state index contributed by atoms with van der Waals surface area (Å²) >= 11 is 1.56. The summed E-state index contributed by atoms with van der Waals surface area (Å²) in [7, 11) is 1.71. The van der Waals surface area contributed by atoms with Crippen LogP contribution in [0.15, 0.2) is 34.2 Å². The number of aromatic nitrogens is 3. The summed E-state index contributed by atoms with van der Waals surface area (Å²) in [5.74, 6) is 0.877. The second-order valence-electron chi connectivity index (χ2n) is 3.71. The van der Waals surface area contributed by atoms with Crippen LogP contribution in [0.25, 0.3) is 0 Å². The predicted molar refractivity (Wildman–Crippen MR) is 69.1 cm³/mol. The number of benzene rings is 1. The molecule has 0 unspecified atom stereocenters. The quantitative estimate of drug-likeness (QED) is 0.627. The van der Waals surface area contributed by atoms with Gasteiger partial charge in [-0.15, -0.1) is 5.10 Å². The number of rotatable bonds is 4. The molecule has 0 aliphatic heterocycles. The first-order chi connectivity index (χ1) is 8.16. The van der Waals surface area contributed by atoms with Gasteiger partial charge in [-0.1, -0.05) is 23.9 Å². The Morgan fingerprint density at radius 2 is 2.12 bits per heavy atom. The molecule has 0 radical (unpaired) electrons. The maximum absolute atomic E-state index is 11.1. The Kier molecular flexibility index (Phi) is 3.53. The van der Waals surface area contributed by atoms with Gasteiger partial charge < -0.3 is 5.73 Å². The summed E-state index contributed by atoms with van der Waals surface area (Å²) in [6, 6.07) is 7.81. The van der Waals surface area contributed by atoms with Crippen molar-refractivity contribution in [1.29, 1.82) is 0 Å². The largest absolute Gasteiger partial charge is 0.399 e. The Balaban J connectivity index is 1.90. The van der Waals surface area contributed by atoms with E-state index in [9.17, 15) is 4.79 Å². The van der Waals surface area contributed by atoms with Gasteiger partial charge >= 0.3 is 5.69 Å². The number of hydrogen-bond acceptors (Lipinski definition) is 4. The lowest BCUT2D eigenvalue weighted by molar-refractivity contribution is 0.765.